The van der Waals surface area contributed by atoms with Crippen molar-refractivity contribution in [3.63, 3.8) is 0 Å². The molecule has 1 heterocycles. The Labute approximate surface area is 182 Å². The second kappa shape index (κ2) is 9.47. The number of carbonyl (C=O) groups is 1. The van der Waals surface area contributed by atoms with Crippen molar-refractivity contribution < 1.29 is 13.9 Å². The average Bonchev–Trinajstić information content (AvgIpc) is 3.20. The number of anilines is 1. The fourth-order valence-electron chi connectivity index (χ4n) is 3.36. The molecule has 0 bridgehead atoms. The summed E-state index contributed by atoms with van der Waals surface area (Å²) < 4.78 is 11.4. The van der Waals surface area contributed by atoms with Gasteiger partial charge in [-0.15, -0.1) is 0 Å². The molecule has 0 unspecified atom stereocenters. The maximum Gasteiger partial charge on any atom is 0.262 e. The zero-order valence-electron chi connectivity index (χ0n) is 17.9. The van der Waals surface area contributed by atoms with Crippen molar-refractivity contribution in [2.45, 2.75) is 33.1 Å². The first-order valence-corrected chi connectivity index (χ1v) is 10.6. The summed E-state index contributed by atoms with van der Waals surface area (Å²) >= 11 is 0. The van der Waals surface area contributed by atoms with Crippen molar-refractivity contribution in [2.75, 3.05) is 11.9 Å². The Morgan fingerprint density at radius 1 is 0.903 bits per heavy atom. The Balaban J connectivity index is 1.31. The minimum absolute atomic E-state index is 0.0319. The third-order valence-corrected chi connectivity index (χ3v) is 5.20. The van der Waals surface area contributed by atoms with E-state index in [0.717, 1.165) is 35.2 Å². The Hall–Kier alpha value is -3.60. The van der Waals surface area contributed by atoms with Crippen LogP contribution in [0.25, 0.3) is 11.1 Å². The number of benzene rings is 3. The Morgan fingerprint density at radius 2 is 1.58 bits per heavy atom. The van der Waals surface area contributed by atoms with E-state index in [1.54, 1.807) is 0 Å². The number of nitrogens with one attached hydrogen (secondary N) is 1. The van der Waals surface area contributed by atoms with E-state index in [-0.39, 0.29) is 12.5 Å². The number of aryl methyl sites for hydroxylation is 2. The predicted octanol–water partition coefficient (Wildman–Crippen LogP) is 5.56. The first-order chi connectivity index (χ1) is 15.1. The third-order valence-electron chi connectivity index (χ3n) is 5.20. The van der Waals surface area contributed by atoms with Crippen LogP contribution < -0.4 is 10.1 Å². The Kier molecular flexibility index (Phi) is 6.32. The zero-order valence-corrected chi connectivity index (χ0v) is 17.9. The van der Waals surface area contributed by atoms with Gasteiger partial charge in [0.2, 0.25) is 0 Å². The molecule has 158 valence electrons. The van der Waals surface area contributed by atoms with Gasteiger partial charge in [-0.1, -0.05) is 44.2 Å². The van der Waals surface area contributed by atoms with Crippen LogP contribution in [-0.2, 0) is 24.1 Å². The van der Waals surface area contributed by atoms with E-state index in [0.29, 0.717) is 18.1 Å². The van der Waals surface area contributed by atoms with Crippen LogP contribution in [0.4, 0.5) is 5.69 Å². The van der Waals surface area contributed by atoms with Gasteiger partial charge in [0, 0.05) is 12.1 Å². The van der Waals surface area contributed by atoms with E-state index in [9.17, 15) is 4.79 Å². The highest BCUT2D eigenvalue weighted by Gasteiger charge is 2.08. The second-order valence-corrected chi connectivity index (χ2v) is 7.47. The second-order valence-electron chi connectivity index (χ2n) is 7.47. The molecule has 4 rings (SSSR count). The number of amides is 1. The normalized spacial score (nSPS) is 10.9. The van der Waals surface area contributed by atoms with Crippen molar-refractivity contribution >= 4 is 22.7 Å². The quantitative estimate of drug-likeness (QED) is 0.410. The molecule has 0 spiro atoms. The van der Waals surface area contributed by atoms with Gasteiger partial charge in [-0.2, -0.15) is 0 Å². The predicted molar refractivity (Wildman–Crippen MR) is 123 cm³/mol. The molecule has 1 amide bonds. The van der Waals surface area contributed by atoms with Gasteiger partial charge in [-0.3, -0.25) is 4.79 Å². The van der Waals surface area contributed by atoms with Gasteiger partial charge in [0.15, 0.2) is 18.1 Å². The van der Waals surface area contributed by atoms with Crippen molar-refractivity contribution in [3.05, 3.63) is 89.3 Å². The lowest BCUT2D eigenvalue weighted by Gasteiger charge is -2.08. The lowest BCUT2D eigenvalue weighted by Crippen LogP contribution is -2.20. The summed E-state index contributed by atoms with van der Waals surface area (Å²) in [6, 6.07) is 21.6. The first kappa shape index (κ1) is 20.7. The third kappa shape index (κ3) is 5.31. The van der Waals surface area contributed by atoms with Gasteiger partial charge in [-0.25, -0.2) is 4.98 Å². The maximum atomic E-state index is 12.2. The molecular weight excluding hydrogens is 388 g/mol. The number of ether oxygens (including phenoxy) is 1. The molecule has 0 saturated heterocycles. The average molecular weight is 415 g/mol. The molecule has 31 heavy (non-hydrogen) atoms. The highest BCUT2D eigenvalue weighted by atomic mass is 16.5. The molecule has 0 aliphatic rings. The number of nitrogens with zero attached hydrogens (tertiary/aromatic N) is 1. The smallest absolute Gasteiger partial charge is 0.262 e. The number of rotatable bonds is 8. The number of fused-ring (bicyclic) bond motifs is 1. The molecule has 1 N–H and O–H groups in total. The molecule has 0 aliphatic heterocycles. The van der Waals surface area contributed by atoms with Gasteiger partial charge in [0.1, 0.15) is 11.3 Å². The van der Waals surface area contributed by atoms with E-state index in [4.69, 9.17) is 9.15 Å². The van der Waals surface area contributed by atoms with Crippen LogP contribution in [0.3, 0.4) is 0 Å². The fourth-order valence-corrected chi connectivity index (χ4v) is 3.36. The summed E-state index contributed by atoms with van der Waals surface area (Å²) in [7, 11) is 0. The lowest BCUT2D eigenvalue weighted by atomic mass is 10.1. The van der Waals surface area contributed by atoms with Crippen LogP contribution in [0.1, 0.15) is 36.4 Å². The van der Waals surface area contributed by atoms with Crippen LogP contribution in [0.15, 0.2) is 71.1 Å². The standard InChI is InChI=1S/C26H26N2O3/c1-3-18-7-12-22(13-8-18)30-17-25(29)27-21-10-5-20(6-11-21)16-26-28-23-15-19(4-2)9-14-24(23)31-26/h5-15H,3-4,16-17H2,1-2H3,(H,27,29). The molecular formula is C26H26N2O3. The molecule has 1 aromatic heterocycles. The van der Waals surface area contributed by atoms with Gasteiger partial charge in [0.05, 0.1) is 0 Å². The number of hydrogen-bond acceptors (Lipinski definition) is 4. The SMILES string of the molecule is CCc1ccc(OCC(=O)Nc2ccc(Cc3nc4cc(CC)ccc4o3)cc2)cc1. The Morgan fingerprint density at radius 3 is 2.29 bits per heavy atom. The van der Waals surface area contributed by atoms with Crippen molar-refractivity contribution in [2.24, 2.45) is 0 Å². The van der Waals surface area contributed by atoms with E-state index >= 15 is 0 Å². The monoisotopic (exact) mass is 414 g/mol. The van der Waals surface area contributed by atoms with Crippen molar-refractivity contribution in [1.82, 2.24) is 4.98 Å². The summed E-state index contributed by atoms with van der Waals surface area (Å²) in [4.78, 5) is 16.8. The maximum absolute atomic E-state index is 12.2. The van der Waals surface area contributed by atoms with Crippen molar-refractivity contribution in [3.8, 4) is 5.75 Å². The van der Waals surface area contributed by atoms with Crippen LogP contribution in [-0.4, -0.2) is 17.5 Å². The number of carbonyl (C=O) groups excluding carboxylic acids is 1. The Bertz CT molecular complexity index is 1160. The molecule has 5 nitrogen and oxygen atoms in total. The molecule has 0 fully saturated rings. The lowest BCUT2D eigenvalue weighted by molar-refractivity contribution is -0.118. The summed E-state index contributed by atoms with van der Waals surface area (Å²) in [5.41, 5.74) is 5.97. The van der Waals surface area contributed by atoms with Crippen LogP contribution in [0, 0.1) is 0 Å². The van der Waals surface area contributed by atoms with Crippen molar-refractivity contribution in [1.29, 1.82) is 0 Å². The van der Waals surface area contributed by atoms with Gasteiger partial charge >= 0.3 is 0 Å². The largest absolute Gasteiger partial charge is 0.484 e. The van der Waals surface area contributed by atoms with E-state index in [1.165, 1.54) is 11.1 Å². The molecule has 5 heteroatoms. The molecule has 0 radical (unpaired) electrons. The molecule has 0 saturated carbocycles. The first-order valence-electron chi connectivity index (χ1n) is 10.6. The minimum atomic E-state index is -0.196. The van der Waals surface area contributed by atoms with Gasteiger partial charge in [-0.05, 0) is 65.9 Å². The van der Waals surface area contributed by atoms with E-state index < -0.39 is 0 Å². The van der Waals surface area contributed by atoms with Crippen LogP contribution in [0.5, 0.6) is 5.75 Å². The molecule has 0 aliphatic carbocycles. The van der Waals surface area contributed by atoms with E-state index in [1.807, 2.05) is 54.6 Å². The fraction of sp³-hybridized carbons (Fsp3) is 0.231. The summed E-state index contributed by atoms with van der Waals surface area (Å²) in [6.07, 6.45) is 2.55. The summed E-state index contributed by atoms with van der Waals surface area (Å²) in [5, 5.41) is 2.86. The minimum Gasteiger partial charge on any atom is -0.484 e. The molecule has 0 atom stereocenters. The zero-order chi connectivity index (χ0) is 21.6. The van der Waals surface area contributed by atoms with Crippen LogP contribution >= 0.6 is 0 Å². The summed E-state index contributed by atoms with van der Waals surface area (Å²) in [5.74, 6) is 1.17. The topological polar surface area (TPSA) is 64.4 Å². The van der Waals surface area contributed by atoms with Crippen LogP contribution in [0.2, 0.25) is 0 Å². The summed E-state index contributed by atoms with van der Waals surface area (Å²) in [6.45, 7) is 4.19. The number of hydrogen-bond donors (Lipinski definition) is 1. The van der Waals surface area contributed by atoms with Gasteiger partial charge in [0.25, 0.3) is 5.91 Å². The highest BCUT2D eigenvalue weighted by molar-refractivity contribution is 5.91. The van der Waals surface area contributed by atoms with Gasteiger partial charge < -0.3 is 14.5 Å². The highest BCUT2D eigenvalue weighted by Crippen LogP contribution is 2.20. The number of aromatic nitrogens is 1. The number of oxazole rings is 1. The van der Waals surface area contributed by atoms with E-state index in [2.05, 4.69) is 36.3 Å². The molecule has 3 aromatic carbocycles. The molecule has 4 aromatic rings.